The highest BCUT2D eigenvalue weighted by molar-refractivity contribution is 5.73. The monoisotopic (exact) mass is 181 g/mol. The fourth-order valence-electron chi connectivity index (χ4n) is 1.38. The van der Waals surface area contributed by atoms with E-state index in [-0.39, 0.29) is 11.9 Å². The van der Waals surface area contributed by atoms with E-state index in [1.165, 1.54) is 6.92 Å². The Bertz CT molecular complexity index is 266. The Morgan fingerprint density at radius 3 is 2.92 bits per heavy atom. The topological polar surface area (TPSA) is 38.3 Å². The third-order valence-corrected chi connectivity index (χ3v) is 2.03. The molecule has 1 amide bonds. The number of carbonyl (C=O) groups is 1. The van der Waals surface area contributed by atoms with Crippen LogP contribution >= 0.6 is 0 Å². The molecule has 0 bridgehead atoms. The van der Waals surface area contributed by atoms with E-state index in [0.29, 0.717) is 0 Å². The van der Waals surface area contributed by atoms with Crippen LogP contribution in [-0.2, 0) is 9.53 Å². The van der Waals surface area contributed by atoms with Gasteiger partial charge < -0.3 is 10.1 Å². The van der Waals surface area contributed by atoms with Gasteiger partial charge in [-0.15, -0.1) is 0 Å². The average Bonchev–Trinajstić information content (AvgIpc) is 2.07. The third-order valence-electron chi connectivity index (χ3n) is 2.03. The number of rotatable bonds is 2. The summed E-state index contributed by atoms with van der Waals surface area (Å²) in [7, 11) is 1.64. The first kappa shape index (κ1) is 9.84. The minimum Gasteiger partial charge on any atom is -0.497 e. The van der Waals surface area contributed by atoms with Gasteiger partial charge in [0.05, 0.1) is 13.2 Å². The molecule has 1 unspecified atom stereocenters. The highest BCUT2D eigenvalue weighted by Crippen LogP contribution is 2.18. The lowest BCUT2D eigenvalue weighted by atomic mass is 10.0. The normalized spacial score (nSPS) is 21.6. The summed E-state index contributed by atoms with van der Waals surface area (Å²) >= 11 is 0. The van der Waals surface area contributed by atoms with Crippen LogP contribution in [0.1, 0.15) is 20.3 Å². The highest BCUT2D eigenvalue weighted by atomic mass is 16.5. The van der Waals surface area contributed by atoms with Gasteiger partial charge in [0.2, 0.25) is 5.91 Å². The minimum atomic E-state index is -0.00958. The van der Waals surface area contributed by atoms with E-state index in [1.54, 1.807) is 7.11 Å². The molecule has 0 saturated carbocycles. The molecule has 0 radical (unpaired) electrons. The van der Waals surface area contributed by atoms with Gasteiger partial charge in [0.25, 0.3) is 0 Å². The van der Waals surface area contributed by atoms with Gasteiger partial charge in [-0.3, -0.25) is 4.79 Å². The van der Waals surface area contributed by atoms with Crippen LogP contribution in [0.25, 0.3) is 0 Å². The largest absolute Gasteiger partial charge is 0.497 e. The van der Waals surface area contributed by atoms with Crippen molar-refractivity contribution >= 4 is 5.91 Å². The maximum atomic E-state index is 10.8. The molecule has 0 fully saturated rings. The summed E-state index contributed by atoms with van der Waals surface area (Å²) in [5, 5.41) is 2.83. The van der Waals surface area contributed by atoms with Crippen LogP contribution in [0.5, 0.6) is 0 Å². The van der Waals surface area contributed by atoms with Crippen LogP contribution < -0.4 is 5.32 Å². The third kappa shape index (κ3) is 2.61. The number of amides is 1. The predicted molar refractivity (Wildman–Crippen MR) is 51.1 cm³/mol. The SMILES string of the molecule is COC1=CC(NC(C)=O)CC=C1C. The number of nitrogens with one attached hydrogen (secondary N) is 1. The van der Waals surface area contributed by atoms with E-state index in [2.05, 4.69) is 11.4 Å². The summed E-state index contributed by atoms with van der Waals surface area (Å²) in [6, 6.07) is 0.0798. The average molecular weight is 181 g/mol. The first-order valence-corrected chi connectivity index (χ1v) is 4.33. The molecule has 1 rings (SSSR count). The second kappa shape index (κ2) is 4.12. The standard InChI is InChI=1S/C10H15NO2/c1-7-4-5-9(11-8(2)12)6-10(7)13-3/h4,6,9H,5H2,1-3H3,(H,11,12). The number of methoxy groups -OCH3 is 1. The minimum absolute atomic E-state index is 0.00958. The molecule has 0 aromatic carbocycles. The first-order chi connectivity index (χ1) is 6.13. The number of allylic oxidation sites excluding steroid dienone is 1. The van der Waals surface area contributed by atoms with Gasteiger partial charge in [-0.05, 0) is 25.0 Å². The molecule has 1 N–H and O–H groups in total. The Balaban J connectivity index is 2.65. The lowest BCUT2D eigenvalue weighted by molar-refractivity contribution is -0.119. The molecule has 13 heavy (non-hydrogen) atoms. The molecule has 0 aliphatic heterocycles. The van der Waals surface area contributed by atoms with Crippen molar-refractivity contribution in [1.82, 2.24) is 5.32 Å². The number of carbonyl (C=O) groups excluding carboxylic acids is 1. The van der Waals surface area contributed by atoms with Crippen molar-refractivity contribution in [3.05, 3.63) is 23.5 Å². The zero-order valence-electron chi connectivity index (χ0n) is 8.26. The van der Waals surface area contributed by atoms with Gasteiger partial charge in [0.15, 0.2) is 0 Å². The molecule has 1 atom stereocenters. The summed E-state index contributed by atoms with van der Waals surface area (Å²) in [6.45, 7) is 3.52. The number of hydrogen-bond donors (Lipinski definition) is 1. The lowest BCUT2D eigenvalue weighted by Gasteiger charge is -2.19. The van der Waals surface area contributed by atoms with Gasteiger partial charge in [-0.25, -0.2) is 0 Å². The Morgan fingerprint density at radius 1 is 1.69 bits per heavy atom. The van der Waals surface area contributed by atoms with Crippen LogP contribution in [0, 0.1) is 0 Å². The number of hydrogen-bond acceptors (Lipinski definition) is 2. The second-order valence-electron chi connectivity index (χ2n) is 3.16. The fourth-order valence-corrected chi connectivity index (χ4v) is 1.38. The molecule has 0 heterocycles. The van der Waals surface area contributed by atoms with Crippen molar-refractivity contribution in [2.45, 2.75) is 26.3 Å². The van der Waals surface area contributed by atoms with Crippen LogP contribution in [0.4, 0.5) is 0 Å². The van der Waals surface area contributed by atoms with Crippen LogP contribution in [0.2, 0.25) is 0 Å². The molecular weight excluding hydrogens is 166 g/mol. The molecule has 0 aromatic heterocycles. The van der Waals surface area contributed by atoms with E-state index < -0.39 is 0 Å². The molecule has 0 spiro atoms. The maximum Gasteiger partial charge on any atom is 0.217 e. The summed E-state index contributed by atoms with van der Waals surface area (Å²) in [6.07, 6.45) is 4.86. The van der Waals surface area contributed by atoms with Crippen LogP contribution in [0.15, 0.2) is 23.5 Å². The summed E-state index contributed by atoms with van der Waals surface area (Å²) in [5.74, 6) is 0.842. The Morgan fingerprint density at radius 2 is 2.38 bits per heavy atom. The van der Waals surface area contributed by atoms with Crippen molar-refractivity contribution in [3.8, 4) is 0 Å². The summed E-state index contributed by atoms with van der Waals surface area (Å²) in [5.41, 5.74) is 1.13. The zero-order chi connectivity index (χ0) is 9.84. The van der Waals surface area contributed by atoms with Gasteiger partial charge in [-0.1, -0.05) is 6.08 Å². The Labute approximate surface area is 78.5 Å². The van der Waals surface area contributed by atoms with Gasteiger partial charge >= 0.3 is 0 Å². The van der Waals surface area contributed by atoms with Crippen LogP contribution in [0.3, 0.4) is 0 Å². The zero-order valence-corrected chi connectivity index (χ0v) is 8.26. The van der Waals surface area contributed by atoms with Crippen molar-refractivity contribution in [1.29, 1.82) is 0 Å². The molecule has 3 nitrogen and oxygen atoms in total. The molecule has 0 saturated heterocycles. The van der Waals surface area contributed by atoms with Crippen molar-refractivity contribution in [3.63, 3.8) is 0 Å². The summed E-state index contributed by atoms with van der Waals surface area (Å²) < 4.78 is 5.16. The molecule has 72 valence electrons. The van der Waals surface area contributed by atoms with E-state index in [9.17, 15) is 4.79 Å². The van der Waals surface area contributed by atoms with Gasteiger partial charge in [0, 0.05) is 6.92 Å². The lowest BCUT2D eigenvalue weighted by Crippen LogP contribution is -2.32. The fraction of sp³-hybridized carbons (Fsp3) is 0.500. The van der Waals surface area contributed by atoms with Crippen molar-refractivity contribution < 1.29 is 9.53 Å². The molecule has 0 aromatic rings. The highest BCUT2D eigenvalue weighted by Gasteiger charge is 2.13. The molecule has 1 aliphatic carbocycles. The van der Waals surface area contributed by atoms with Crippen LogP contribution in [-0.4, -0.2) is 19.1 Å². The Kier molecular flexibility index (Phi) is 3.12. The maximum absolute atomic E-state index is 10.8. The number of ether oxygens (including phenoxy) is 1. The molecule has 1 aliphatic rings. The van der Waals surface area contributed by atoms with Crippen molar-refractivity contribution in [2.75, 3.05) is 7.11 Å². The molecule has 3 heteroatoms. The van der Waals surface area contributed by atoms with E-state index >= 15 is 0 Å². The molecular formula is C10H15NO2. The first-order valence-electron chi connectivity index (χ1n) is 4.33. The Hall–Kier alpha value is -1.25. The van der Waals surface area contributed by atoms with E-state index in [0.717, 1.165) is 17.8 Å². The van der Waals surface area contributed by atoms with E-state index in [4.69, 9.17) is 4.74 Å². The smallest absolute Gasteiger partial charge is 0.217 e. The predicted octanol–water partition coefficient (Wildman–Crippen LogP) is 1.37. The van der Waals surface area contributed by atoms with Crippen molar-refractivity contribution in [2.24, 2.45) is 0 Å². The van der Waals surface area contributed by atoms with Gasteiger partial charge in [-0.2, -0.15) is 0 Å². The second-order valence-corrected chi connectivity index (χ2v) is 3.16. The quantitative estimate of drug-likeness (QED) is 0.698. The summed E-state index contributed by atoms with van der Waals surface area (Å²) in [4.78, 5) is 10.8. The van der Waals surface area contributed by atoms with E-state index in [1.807, 2.05) is 13.0 Å². The van der Waals surface area contributed by atoms with Gasteiger partial charge in [0.1, 0.15) is 5.76 Å².